The fourth-order valence-electron chi connectivity index (χ4n) is 5.71. The molecule has 0 N–H and O–H groups in total. The van der Waals surface area contributed by atoms with E-state index < -0.39 is 0 Å². The minimum Gasteiger partial charge on any atom is -0.494 e. The van der Waals surface area contributed by atoms with Crippen LogP contribution >= 0.6 is 0 Å². The monoisotopic (exact) mass is 587 g/mol. The number of piperazine rings is 1. The van der Waals surface area contributed by atoms with Crippen molar-refractivity contribution in [1.29, 1.82) is 0 Å². The molecule has 3 aromatic carbocycles. The maximum atomic E-state index is 13.0. The number of nitrogens with zero attached hydrogens (tertiary/aromatic N) is 3. The number of benzene rings is 3. The molecule has 0 atom stereocenters. The highest BCUT2D eigenvalue weighted by atomic mass is 19.1. The lowest BCUT2D eigenvalue weighted by atomic mass is 10.1. The van der Waals surface area contributed by atoms with Crippen molar-refractivity contribution in [1.82, 2.24) is 14.4 Å². The summed E-state index contributed by atoms with van der Waals surface area (Å²) in [5.74, 6) is 0.934. The Morgan fingerprint density at radius 2 is 1.42 bits per heavy atom. The van der Waals surface area contributed by atoms with E-state index in [4.69, 9.17) is 14.2 Å². The Kier molecular flexibility index (Phi) is 10.7. The number of rotatable bonds is 14. The first-order chi connectivity index (χ1) is 21.0. The van der Waals surface area contributed by atoms with E-state index in [1.807, 2.05) is 50.2 Å². The minimum atomic E-state index is -0.298. The van der Waals surface area contributed by atoms with E-state index in [1.165, 1.54) is 17.7 Å². The van der Waals surface area contributed by atoms with E-state index in [-0.39, 0.29) is 11.8 Å². The van der Waals surface area contributed by atoms with Gasteiger partial charge in [0.2, 0.25) is 0 Å². The first-order valence-corrected chi connectivity index (χ1v) is 15.3. The van der Waals surface area contributed by atoms with Crippen LogP contribution in [0.25, 0.3) is 10.9 Å². The zero-order valence-electron chi connectivity index (χ0n) is 25.3. The maximum Gasteiger partial charge on any atom is 0.340 e. The Balaban J connectivity index is 1.08. The first kappa shape index (κ1) is 30.6. The van der Waals surface area contributed by atoms with Crippen molar-refractivity contribution in [2.24, 2.45) is 0 Å². The van der Waals surface area contributed by atoms with E-state index in [2.05, 4.69) is 26.5 Å². The fraction of sp³-hybridized carbons (Fsp3) is 0.400. The number of fused-ring (bicyclic) bond motifs is 1. The molecular formula is C35H42FN3O4. The van der Waals surface area contributed by atoms with Gasteiger partial charge in [-0.05, 0) is 74.7 Å². The standard InChI is InChI=1S/C35H42FN3O4/c1-3-41-35(40)34-27(2)39(26-28-9-5-4-6-10-28)33-16-15-31(25-32(33)34)43-24-8-18-38-21-19-37(20-22-38)17-7-23-42-30-13-11-29(36)12-14-30/h4-6,9-16,25H,3,7-8,17-24,26H2,1-2H3. The Labute approximate surface area is 253 Å². The zero-order valence-corrected chi connectivity index (χ0v) is 25.3. The lowest BCUT2D eigenvalue weighted by molar-refractivity contribution is 0.0527. The quantitative estimate of drug-likeness (QED) is 0.130. The van der Waals surface area contributed by atoms with E-state index in [0.29, 0.717) is 37.7 Å². The molecule has 1 fully saturated rings. The van der Waals surface area contributed by atoms with Gasteiger partial charge in [0.1, 0.15) is 17.3 Å². The molecule has 0 aliphatic carbocycles. The van der Waals surface area contributed by atoms with Crippen molar-refractivity contribution >= 4 is 16.9 Å². The van der Waals surface area contributed by atoms with Crippen LogP contribution in [0.2, 0.25) is 0 Å². The zero-order chi connectivity index (χ0) is 30.0. The van der Waals surface area contributed by atoms with Gasteiger partial charge in [0.15, 0.2) is 0 Å². The average molecular weight is 588 g/mol. The third-order valence-corrected chi connectivity index (χ3v) is 8.01. The van der Waals surface area contributed by atoms with Gasteiger partial charge in [-0.3, -0.25) is 0 Å². The molecule has 0 spiro atoms. The summed E-state index contributed by atoms with van der Waals surface area (Å²) in [5, 5.41) is 0.864. The predicted molar refractivity (Wildman–Crippen MR) is 168 cm³/mol. The number of carbonyl (C=O) groups excluding carboxylic acids is 1. The molecule has 8 heteroatoms. The predicted octanol–water partition coefficient (Wildman–Crippen LogP) is 6.17. The minimum absolute atomic E-state index is 0.247. The van der Waals surface area contributed by atoms with E-state index in [1.54, 1.807) is 12.1 Å². The van der Waals surface area contributed by atoms with E-state index >= 15 is 0 Å². The molecule has 1 aliphatic heterocycles. The maximum absolute atomic E-state index is 13.0. The van der Waals surface area contributed by atoms with Crippen molar-refractivity contribution in [3.8, 4) is 11.5 Å². The molecule has 5 rings (SSSR count). The van der Waals surface area contributed by atoms with E-state index in [0.717, 1.165) is 74.5 Å². The van der Waals surface area contributed by atoms with Gasteiger partial charge in [0.05, 0.1) is 25.4 Å². The van der Waals surface area contributed by atoms with Gasteiger partial charge >= 0.3 is 5.97 Å². The van der Waals surface area contributed by atoms with Crippen LogP contribution in [0.5, 0.6) is 11.5 Å². The summed E-state index contributed by atoms with van der Waals surface area (Å²) in [6, 6.07) is 22.5. The number of esters is 1. The van der Waals surface area contributed by atoms with Crippen molar-refractivity contribution in [2.75, 3.05) is 59.1 Å². The SMILES string of the molecule is CCOC(=O)c1c(C)n(Cc2ccccc2)c2ccc(OCCCN3CCN(CCCOc4ccc(F)cc4)CC3)cc12. The molecule has 0 saturated carbocycles. The van der Waals surface area contributed by atoms with Crippen LogP contribution in [0.15, 0.2) is 72.8 Å². The summed E-state index contributed by atoms with van der Waals surface area (Å²) in [6.45, 7) is 12.2. The largest absolute Gasteiger partial charge is 0.494 e. The molecule has 7 nitrogen and oxygen atoms in total. The first-order valence-electron chi connectivity index (χ1n) is 15.3. The smallest absolute Gasteiger partial charge is 0.340 e. The van der Waals surface area contributed by atoms with Crippen molar-refractivity contribution in [3.05, 3.63) is 95.4 Å². The lowest BCUT2D eigenvalue weighted by Gasteiger charge is -2.34. The van der Waals surface area contributed by atoms with Gasteiger partial charge in [-0.25, -0.2) is 9.18 Å². The van der Waals surface area contributed by atoms with Gasteiger partial charge in [0.25, 0.3) is 0 Å². The second-order valence-electron chi connectivity index (χ2n) is 11.0. The third-order valence-electron chi connectivity index (χ3n) is 8.01. The van der Waals surface area contributed by atoms with Crippen LogP contribution in [0.1, 0.15) is 41.4 Å². The Bertz CT molecular complexity index is 1460. The number of aromatic nitrogens is 1. The Morgan fingerprint density at radius 3 is 2.05 bits per heavy atom. The summed E-state index contributed by atoms with van der Waals surface area (Å²) < 4.78 is 32.5. The summed E-state index contributed by atoms with van der Waals surface area (Å²) in [6.07, 6.45) is 1.88. The molecule has 4 aromatic rings. The van der Waals surface area contributed by atoms with Crippen molar-refractivity contribution in [3.63, 3.8) is 0 Å². The third kappa shape index (κ3) is 8.15. The fourth-order valence-corrected chi connectivity index (χ4v) is 5.71. The Hall–Kier alpha value is -3.88. The van der Waals surface area contributed by atoms with Crippen LogP contribution in [0.4, 0.5) is 4.39 Å². The molecule has 1 aromatic heterocycles. The van der Waals surface area contributed by atoms with Crippen molar-refractivity contribution in [2.45, 2.75) is 33.2 Å². The van der Waals surface area contributed by atoms with Crippen LogP contribution in [-0.4, -0.2) is 79.4 Å². The normalized spacial score (nSPS) is 14.2. The molecule has 0 unspecified atom stereocenters. The highest BCUT2D eigenvalue weighted by molar-refractivity contribution is 6.06. The van der Waals surface area contributed by atoms with Crippen molar-refractivity contribution < 1.29 is 23.4 Å². The number of ether oxygens (including phenoxy) is 3. The summed E-state index contributed by atoms with van der Waals surface area (Å²) >= 11 is 0. The summed E-state index contributed by atoms with van der Waals surface area (Å²) in [5.41, 5.74) is 3.68. The summed E-state index contributed by atoms with van der Waals surface area (Å²) in [7, 11) is 0. The highest BCUT2D eigenvalue weighted by Crippen LogP contribution is 2.31. The molecule has 1 aliphatic rings. The van der Waals surface area contributed by atoms with E-state index in [9.17, 15) is 9.18 Å². The van der Waals surface area contributed by atoms with Crippen LogP contribution in [0.3, 0.4) is 0 Å². The molecule has 2 heterocycles. The number of hydrogen-bond donors (Lipinski definition) is 0. The molecule has 0 amide bonds. The van der Waals surface area contributed by atoms with Gasteiger partial charge in [-0.15, -0.1) is 0 Å². The van der Waals surface area contributed by atoms with Gasteiger partial charge < -0.3 is 28.6 Å². The summed E-state index contributed by atoms with van der Waals surface area (Å²) in [4.78, 5) is 17.9. The van der Waals surface area contributed by atoms with Gasteiger partial charge in [0, 0.05) is 62.4 Å². The molecule has 228 valence electrons. The van der Waals surface area contributed by atoms with Crippen LogP contribution in [0, 0.1) is 12.7 Å². The topological polar surface area (TPSA) is 56.2 Å². The molecule has 0 bridgehead atoms. The number of halogens is 1. The van der Waals surface area contributed by atoms with Crippen LogP contribution < -0.4 is 9.47 Å². The molecule has 0 radical (unpaired) electrons. The lowest BCUT2D eigenvalue weighted by Crippen LogP contribution is -2.47. The number of carbonyl (C=O) groups is 1. The van der Waals surface area contributed by atoms with Gasteiger partial charge in [-0.2, -0.15) is 0 Å². The molecule has 43 heavy (non-hydrogen) atoms. The second-order valence-corrected chi connectivity index (χ2v) is 11.0. The Morgan fingerprint density at radius 1 is 0.814 bits per heavy atom. The molecular weight excluding hydrogens is 545 g/mol. The van der Waals surface area contributed by atoms with Gasteiger partial charge in [-0.1, -0.05) is 30.3 Å². The average Bonchev–Trinajstić information content (AvgIpc) is 3.29. The van der Waals surface area contributed by atoms with Crippen LogP contribution in [-0.2, 0) is 11.3 Å². The highest BCUT2D eigenvalue weighted by Gasteiger charge is 2.22. The number of hydrogen-bond acceptors (Lipinski definition) is 6. The second kappa shape index (κ2) is 15.0. The molecule has 1 saturated heterocycles.